The Morgan fingerprint density at radius 1 is 0.967 bits per heavy atom. The lowest BCUT2D eigenvalue weighted by molar-refractivity contribution is -0.136. The number of halogens is 1. The largest absolute Gasteiger partial charge is 0.373 e. The Bertz CT molecular complexity index is 848. The maximum Gasteiger partial charge on any atom is 0.266 e. The van der Waals surface area contributed by atoms with Gasteiger partial charge in [-0.05, 0) is 31.0 Å². The van der Waals surface area contributed by atoms with E-state index < -0.39 is 0 Å². The zero-order valence-electron chi connectivity index (χ0n) is 17.9. The molecule has 162 valence electrons. The first-order valence-electron chi connectivity index (χ1n) is 10.1. The van der Waals surface area contributed by atoms with E-state index in [4.69, 9.17) is 0 Å². The number of benzene rings is 1. The minimum atomic E-state index is -0.243. The molecule has 0 aromatic heterocycles. The third-order valence-corrected chi connectivity index (χ3v) is 5.91. The van der Waals surface area contributed by atoms with Gasteiger partial charge in [-0.1, -0.05) is 12.1 Å². The zero-order valence-corrected chi connectivity index (χ0v) is 18.7. The van der Waals surface area contributed by atoms with Crippen molar-refractivity contribution in [2.75, 3.05) is 57.3 Å². The van der Waals surface area contributed by atoms with E-state index in [1.165, 1.54) is 23.7 Å². The Kier molecular flexibility index (Phi) is 8.13. The number of amides is 2. The molecule has 7 nitrogen and oxygen atoms in total. The second kappa shape index (κ2) is 10.4. The molecule has 1 aromatic rings. The van der Waals surface area contributed by atoms with Gasteiger partial charge in [-0.15, -0.1) is 12.4 Å². The van der Waals surface area contributed by atoms with Gasteiger partial charge in [0.05, 0.1) is 0 Å². The van der Waals surface area contributed by atoms with E-state index in [1.54, 1.807) is 16.0 Å². The van der Waals surface area contributed by atoms with Crippen LogP contribution < -0.4 is 4.90 Å². The van der Waals surface area contributed by atoms with Gasteiger partial charge in [0.1, 0.15) is 11.6 Å². The molecule has 30 heavy (non-hydrogen) atoms. The van der Waals surface area contributed by atoms with Crippen molar-refractivity contribution in [2.24, 2.45) is 0 Å². The highest BCUT2D eigenvalue weighted by Crippen LogP contribution is 2.24. The molecule has 3 rings (SSSR count). The van der Waals surface area contributed by atoms with Crippen LogP contribution in [0.3, 0.4) is 0 Å². The van der Waals surface area contributed by atoms with Crippen LogP contribution in [0.1, 0.15) is 18.1 Å². The lowest BCUT2D eigenvalue weighted by atomic mass is 10.1. The van der Waals surface area contributed by atoms with Crippen molar-refractivity contribution in [3.05, 3.63) is 41.1 Å². The molecular weight excluding hydrogens is 402 g/mol. The highest BCUT2D eigenvalue weighted by Gasteiger charge is 2.26. The van der Waals surface area contributed by atoms with E-state index in [1.807, 2.05) is 0 Å². The summed E-state index contributed by atoms with van der Waals surface area (Å²) in [6.45, 7) is 11.0. The Hall–Kier alpha value is -2.72. The molecule has 2 heterocycles. The molecule has 2 saturated heterocycles. The van der Waals surface area contributed by atoms with E-state index >= 15 is 0 Å². The second-order valence-electron chi connectivity index (χ2n) is 7.69. The first kappa shape index (κ1) is 23.6. The van der Waals surface area contributed by atoms with Gasteiger partial charge in [0.15, 0.2) is 0 Å². The summed E-state index contributed by atoms with van der Waals surface area (Å²) in [4.78, 5) is 32.0. The Balaban J connectivity index is 0.00000320. The Morgan fingerprint density at radius 2 is 1.57 bits per heavy atom. The van der Waals surface area contributed by atoms with Crippen molar-refractivity contribution in [1.82, 2.24) is 14.7 Å². The van der Waals surface area contributed by atoms with Crippen LogP contribution in [-0.4, -0.2) is 78.9 Å². The molecule has 2 aliphatic heterocycles. The average molecular weight is 432 g/mol. The first-order chi connectivity index (χ1) is 13.9. The molecule has 0 unspecified atom stereocenters. The topological polar surface area (TPSA) is 70.9 Å². The van der Waals surface area contributed by atoms with Crippen LogP contribution in [0.15, 0.2) is 30.0 Å². The summed E-state index contributed by atoms with van der Waals surface area (Å²) >= 11 is 0. The molecule has 0 spiro atoms. The lowest BCUT2D eigenvalue weighted by Gasteiger charge is -2.37. The molecule has 1 aromatic carbocycles. The molecule has 0 N–H and O–H groups in total. The molecule has 0 saturated carbocycles. The number of rotatable bonds is 3. The van der Waals surface area contributed by atoms with Crippen LogP contribution in [-0.2, 0) is 9.59 Å². The summed E-state index contributed by atoms with van der Waals surface area (Å²) in [5, 5.41) is 9.53. The van der Waals surface area contributed by atoms with Gasteiger partial charge in [-0.25, -0.2) is 0 Å². The van der Waals surface area contributed by atoms with E-state index in [2.05, 4.69) is 47.9 Å². The number of hydrogen-bond donors (Lipinski definition) is 0. The van der Waals surface area contributed by atoms with Gasteiger partial charge in [-0.2, -0.15) is 5.26 Å². The molecule has 0 aliphatic carbocycles. The number of aryl methyl sites for hydroxylation is 1. The van der Waals surface area contributed by atoms with Gasteiger partial charge in [-0.3, -0.25) is 9.59 Å². The van der Waals surface area contributed by atoms with Gasteiger partial charge in [0.25, 0.3) is 5.91 Å². The molecule has 0 bridgehead atoms. The van der Waals surface area contributed by atoms with E-state index in [9.17, 15) is 14.9 Å². The Morgan fingerprint density at radius 3 is 2.13 bits per heavy atom. The van der Waals surface area contributed by atoms with Gasteiger partial charge >= 0.3 is 0 Å². The number of carbonyl (C=O) groups excluding carboxylic acids is 2. The van der Waals surface area contributed by atoms with E-state index in [0.717, 1.165) is 26.2 Å². The SMILES string of the molecule is CC(=O)N1CCN(C(=O)/C(C#N)=C\N2CCN(c3cccc(C)c3C)CC2)CC1.Cl. The van der Waals surface area contributed by atoms with Crippen molar-refractivity contribution in [3.8, 4) is 6.07 Å². The maximum atomic E-state index is 12.7. The highest BCUT2D eigenvalue weighted by atomic mass is 35.5. The quantitative estimate of drug-likeness (QED) is 0.540. The number of anilines is 1. The molecule has 2 fully saturated rings. The molecule has 8 heteroatoms. The third kappa shape index (κ3) is 5.25. The van der Waals surface area contributed by atoms with Crippen molar-refractivity contribution in [1.29, 1.82) is 5.26 Å². The monoisotopic (exact) mass is 431 g/mol. The van der Waals surface area contributed by atoms with Crippen molar-refractivity contribution < 1.29 is 9.59 Å². The van der Waals surface area contributed by atoms with Crippen LogP contribution in [0, 0.1) is 25.2 Å². The molecular formula is C22H30ClN5O2. The summed E-state index contributed by atoms with van der Waals surface area (Å²) in [6.07, 6.45) is 1.71. The van der Waals surface area contributed by atoms with E-state index in [-0.39, 0.29) is 29.8 Å². The summed E-state index contributed by atoms with van der Waals surface area (Å²) in [6, 6.07) is 8.43. The van der Waals surface area contributed by atoms with Crippen LogP contribution in [0.2, 0.25) is 0 Å². The number of nitrogens with zero attached hydrogens (tertiary/aromatic N) is 5. The summed E-state index contributed by atoms with van der Waals surface area (Å²) < 4.78 is 0. The standard InChI is InChI=1S/C22H29N5O2.ClH/c1-17-5-4-6-21(18(17)2)26-9-7-24(8-10-26)16-20(15-23)22(29)27-13-11-25(12-14-27)19(3)28;/h4-6,16H,7-14H2,1-3H3;1H/b20-16-;. The molecule has 0 atom stereocenters. The number of hydrogen-bond acceptors (Lipinski definition) is 5. The fourth-order valence-electron chi connectivity index (χ4n) is 3.88. The summed E-state index contributed by atoms with van der Waals surface area (Å²) in [5.41, 5.74) is 4.01. The molecule has 2 amide bonds. The summed E-state index contributed by atoms with van der Waals surface area (Å²) in [5.74, 6) is -0.220. The molecule has 2 aliphatic rings. The number of nitriles is 1. The number of piperazine rings is 2. The predicted octanol–water partition coefficient (Wildman–Crippen LogP) is 1.95. The lowest BCUT2D eigenvalue weighted by Crippen LogP contribution is -2.50. The van der Waals surface area contributed by atoms with Gasteiger partial charge < -0.3 is 19.6 Å². The van der Waals surface area contributed by atoms with Crippen molar-refractivity contribution in [3.63, 3.8) is 0 Å². The maximum absolute atomic E-state index is 12.7. The van der Waals surface area contributed by atoms with Crippen molar-refractivity contribution >= 4 is 29.9 Å². The van der Waals surface area contributed by atoms with Crippen LogP contribution in [0.25, 0.3) is 0 Å². The number of carbonyl (C=O) groups is 2. The summed E-state index contributed by atoms with van der Waals surface area (Å²) in [7, 11) is 0. The average Bonchev–Trinajstić information content (AvgIpc) is 2.74. The van der Waals surface area contributed by atoms with E-state index in [0.29, 0.717) is 26.2 Å². The minimum absolute atomic E-state index is 0. The van der Waals surface area contributed by atoms with Gasteiger partial charge in [0.2, 0.25) is 5.91 Å². The Labute approximate surface area is 184 Å². The minimum Gasteiger partial charge on any atom is -0.373 e. The fourth-order valence-corrected chi connectivity index (χ4v) is 3.88. The normalized spacial score (nSPS) is 17.3. The smallest absolute Gasteiger partial charge is 0.266 e. The predicted molar refractivity (Wildman–Crippen MR) is 119 cm³/mol. The van der Waals surface area contributed by atoms with Crippen LogP contribution in [0.4, 0.5) is 5.69 Å². The fraction of sp³-hybridized carbons (Fsp3) is 0.500. The van der Waals surface area contributed by atoms with Crippen LogP contribution >= 0.6 is 12.4 Å². The first-order valence-corrected chi connectivity index (χ1v) is 10.1. The zero-order chi connectivity index (χ0) is 21.0. The third-order valence-electron chi connectivity index (χ3n) is 5.91. The highest BCUT2D eigenvalue weighted by molar-refractivity contribution is 5.97. The second-order valence-corrected chi connectivity index (χ2v) is 7.69. The van der Waals surface area contributed by atoms with Gasteiger partial charge in [0, 0.05) is 71.2 Å². The molecule has 0 radical (unpaired) electrons. The van der Waals surface area contributed by atoms with Crippen molar-refractivity contribution in [2.45, 2.75) is 20.8 Å². The van der Waals surface area contributed by atoms with Crippen LogP contribution in [0.5, 0.6) is 0 Å².